The first-order valence-electron chi connectivity index (χ1n) is 9.28. The van der Waals surface area contributed by atoms with Gasteiger partial charge in [-0.1, -0.05) is 67.6 Å². The first-order valence-corrected chi connectivity index (χ1v) is 9.28. The molecule has 2 aromatic rings. The van der Waals surface area contributed by atoms with E-state index in [2.05, 4.69) is 0 Å². The lowest BCUT2D eigenvalue weighted by molar-refractivity contribution is -0.159. The van der Waals surface area contributed by atoms with Crippen LogP contribution < -0.4 is 0 Å². The van der Waals surface area contributed by atoms with Crippen LogP contribution in [0.3, 0.4) is 0 Å². The molecule has 0 aromatic heterocycles. The smallest absolute Gasteiger partial charge is 0.331 e. The van der Waals surface area contributed by atoms with E-state index in [9.17, 15) is 9.59 Å². The highest BCUT2D eigenvalue weighted by Gasteiger charge is 2.31. The molecule has 4 heteroatoms. The zero-order valence-electron chi connectivity index (χ0n) is 15.8. The van der Waals surface area contributed by atoms with Crippen molar-refractivity contribution in [1.82, 2.24) is 0 Å². The molecule has 0 heterocycles. The predicted molar refractivity (Wildman–Crippen MR) is 106 cm³/mol. The van der Waals surface area contributed by atoms with Gasteiger partial charge in [0.25, 0.3) is 0 Å². The van der Waals surface area contributed by atoms with Crippen molar-refractivity contribution in [2.24, 2.45) is 5.92 Å². The topological polar surface area (TPSA) is 52.6 Å². The normalized spacial score (nSPS) is 13.1. The molecule has 2 rings (SSSR count). The average Bonchev–Trinajstić information content (AvgIpc) is 2.70. The van der Waals surface area contributed by atoms with E-state index >= 15 is 0 Å². The maximum atomic E-state index is 12.5. The highest BCUT2D eigenvalue weighted by Crippen LogP contribution is 2.20. The number of hydrogen-bond donors (Lipinski definition) is 0. The number of rotatable bonds is 9. The zero-order valence-corrected chi connectivity index (χ0v) is 15.8. The molecule has 0 radical (unpaired) electrons. The average molecular weight is 366 g/mol. The van der Waals surface area contributed by atoms with Gasteiger partial charge < -0.3 is 9.47 Å². The van der Waals surface area contributed by atoms with Crippen LogP contribution in [0, 0.1) is 5.92 Å². The molecule has 0 amide bonds. The Hall–Kier alpha value is -2.88. The van der Waals surface area contributed by atoms with Crippen LogP contribution in [0.5, 0.6) is 0 Å². The van der Waals surface area contributed by atoms with Gasteiger partial charge in [0.15, 0.2) is 0 Å². The molecule has 2 aromatic carbocycles. The van der Waals surface area contributed by atoms with Gasteiger partial charge in [0.1, 0.15) is 6.10 Å². The summed E-state index contributed by atoms with van der Waals surface area (Å²) in [5.41, 5.74) is 1.92. The third kappa shape index (κ3) is 6.74. The molecule has 0 N–H and O–H groups in total. The fourth-order valence-electron chi connectivity index (χ4n) is 2.85. The van der Waals surface area contributed by atoms with Crippen molar-refractivity contribution in [2.45, 2.75) is 32.8 Å². The molecular formula is C23H26O4. The van der Waals surface area contributed by atoms with E-state index in [4.69, 9.17) is 9.47 Å². The molecule has 0 spiro atoms. The molecule has 4 nitrogen and oxygen atoms in total. The minimum absolute atomic E-state index is 0.294. The summed E-state index contributed by atoms with van der Waals surface area (Å²) in [5, 5.41) is 0. The Morgan fingerprint density at radius 1 is 0.963 bits per heavy atom. The second kappa shape index (κ2) is 11.0. The molecule has 27 heavy (non-hydrogen) atoms. The van der Waals surface area contributed by atoms with Gasteiger partial charge in [-0.05, 0) is 37.0 Å². The lowest BCUT2D eigenvalue weighted by Gasteiger charge is -2.24. The van der Waals surface area contributed by atoms with Gasteiger partial charge in [-0.2, -0.15) is 0 Å². The van der Waals surface area contributed by atoms with Crippen LogP contribution in [0.1, 0.15) is 31.4 Å². The summed E-state index contributed by atoms with van der Waals surface area (Å²) in [6.07, 6.45) is 3.54. The fourth-order valence-corrected chi connectivity index (χ4v) is 2.85. The minimum Gasteiger partial charge on any atom is -0.466 e. The number of esters is 2. The fraction of sp³-hybridized carbons (Fsp3) is 0.304. The summed E-state index contributed by atoms with van der Waals surface area (Å²) < 4.78 is 10.8. The highest BCUT2D eigenvalue weighted by atomic mass is 16.6. The van der Waals surface area contributed by atoms with Crippen molar-refractivity contribution in [3.63, 3.8) is 0 Å². The summed E-state index contributed by atoms with van der Waals surface area (Å²) in [5.74, 6) is -1.34. The van der Waals surface area contributed by atoms with Gasteiger partial charge in [-0.25, -0.2) is 4.79 Å². The Morgan fingerprint density at radius 3 is 2.19 bits per heavy atom. The van der Waals surface area contributed by atoms with Crippen molar-refractivity contribution in [3.8, 4) is 0 Å². The molecule has 0 bridgehead atoms. The molecule has 0 saturated heterocycles. The summed E-state index contributed by atoms with van der Waals surface area (Å²) in [4.78, 5) is 24.7. The molecule has 2 unspecified atom stereocenters. The van der Waals surface area contributed by atoms with Crippen LogP contribution >= 0.6 is 0 Å². The Balaban J connectivity index is 2.09. The SMILES string of the molecule is CCOC(=O)C(Cc1ccccc1)C(CC)OC(=O)C=Cc1ccccc1. The van der Waals surface area contributed by atoms with Crippen LogP contribution in [-0.2, 0) is 25.5 Å². The van der Waals surface area contributed by atoms with Gasteiger partial charge >= 0.3 is 11.9 Å². The highest BCUT2D eigenvalue weighted by molar-refractivity contribution is 5.87. The maximum absolute atomic E-state index is 12.5. The number of hydrogen-bond acceptors (Lipinski definition) is 4. The monoisotopic (exact) mass is 366 g/mol. The number of ether oxygens (including phenoxy) is 2. The van der Waals surface area contributed by atoms with E-state index in [0.717, 1.165) is 11.1 Å². The van der Waals surface area contributed by atoms with Gasteiger partial charge in [-0.15, -0.1) is 0 Å². The predicted octanol–water partition coefficient (Wildman–Crippen LogP) is 4.44. The van der Waals surface area contributed by atoms with E-state index in [1.54, 1.807) is 13.0 Å². The van der Waals surface area contributed by atoms with E-state index in [1.807, 2.05) is 67.6 Å². The standard InChI is InChI=1S/C23H26O4/c1-3-21(27-22(24)16-15-18-11-7-5-8-12-18)20(23(25)26-4-2)17-19-13-9-6-10-14-19/h5-16,20-21H,3-4,17H2,1-2H3. The molecule has 0 saturated carbocycles. The van der Waals surface area contributed by atoms with Crippen molar-refractivity contribution in [2.75, 3.05) is 6.61 Å². The van der Waals surface area contributed by atoms with Gasteiger partial charge in [-0.3, -0.25) is 4.79 Å². The first kappa shape index (κ1) is 20.4. The molecule has 142 valence electrons. The minimum atomic E-state index is -0.544. The summed E-state index contributed by atoms with van der Waals surface area (Å²) >= 11 is 0. The quantitative estimate of drug-likeness (QED) is 0.486. The largest absolute Gasteiger partial charge is 0.466 e. The Morgan fingerprint density at radius 2 is 1.59 bits per heavy atom. The van der Waals surface area contributed by atoms with Gasteiger partial charge in [0, 0.05) is 6.08 Å². The van der Waals surface area contributed by atoms with Gasteiger partial charge in [0.05, 0.1) is 12.5 Å². The maximum Gasteiger partial charge on any atom is 0.331 e. The molecule has 0 aliphatic rings. The second-order valence-electron chi connectivity index (χ2n) is 6.18. The molecule has 2 atom stereocenters. The van der Waals surface area contributed by atoms with Crippen LogP contribution in [-0.4, -0.2) is 24.6 Å². The summed E-state index contributed by atoms with van der Waals surface area (Å²) in [7, 11) is 0. The molecule has 0 aliphatic heterocycles. The van der Waals surface area contributed by atoms with E-state index in [-0.39, 0.29) is 5.97 Å². The Bertz CT molecular complexity index is 737. The van der Waals surface area contributed by atoms with Crippen LogP contribution in [0.4, 0.5) is 0 Å². The Kier molecular flexibility index (Phi) is 8.30. The van der Waals surface area contributed by atoms with E-state index in [1.165, 1.54) is 6.08 Å². The third-order valence-corrected chi connectivity index (χ3v) is 4.22. The molecule has 0 fully saturated rings. The van der Waals surface area contributed by atoms with Crippen LogP contribution in [0.25, 0.3) is 6.08 Å². The summed E-state index contributed by atoms with van der Waals surface area (Å²) in [6.45, 7) is 3.96. The lowest BCUT2D eigenvalue weighted by Crippen LogP contribution is -2.34. The van der Waals surface area contributed by atoms with Gasteiger partial charge in [0.2, 0.25) is 0 Å². The van der Waals surface area contributed by atoms with Crippen molar-refractivity contribution in [3.05, 3.63) is 77.9 Å². The number of carbonyl (C=O) groups excluding carboxylic acids is 2. The second-order valence-corrected chi connectivity index (χ2v) is 6.18. The lowest BCUT2D eigenvalue weighted by atomic mass is 9.92. The van der Waals surface area contributed by atoms with E-state index < -0.39 is 18.0 Å². The number of carbonyl (C=O) groups is 2. The zero-order chi connectivity index (χ0) is 19.5. The van der Waals surface area contributed by atoms with E-state index in [0.29, 0.717) is 19.4 Å². The van der Waals surface area contributed by atoms with Crippen molar-refractivity contribution in [1.29, 1.82) is 0 Å². The van der Waals surface area contributed by atoms with Crippen LogP contribution in [0.15, 0.2) is 66.7 Å². The first-order chi connectivity index (χ1) is 13.1. The Labute approximate surface area is 160 Å². The third-order valence-electron chi connectivity index (χ3n) is 4.22. The van der Waals surface area contributed by atoms with Crippen molar-refractivity contribution >= 4 is 18.0 Å². The summed E-state index contributed by atoms with van der Waals surface area (Å²) in [6, 6.07) is 19.2. The van der Waals surface area contributed by atoms with Crippen molar-refractivity contribution < 1.29 is 19.1 Å². The molecule has 0 aliphatic carbocycles. The van der Waals surface area contributed by atoms with Crippen LogP contribution in [0.2, 0.25) is 0 Å². The molecular weight excluding hydrogens is 340 g/mol. The number of benzene rings is 2.